The molecule has 2 nitrogen and oxygen atoms in total. The quantitative estimate of drug-likeness (QED) is 0.867. The topological polar surface area (TPSA) is 23.5 Å². The Labute approximate surface area is 117 Å². The highest BCUT2D eigenvalue weighted by molar-refractivity contribution is 9.11. The molecular formula is C13H22BrNOS. The molecule has 0 saturated heterocycles. The van der Waals surface area contributed by atoms with E-state index in [2.05, 4.69) is 54.8 Å². The minimum Gasteiger partial charge on any atom is -0.391 e. The van der Waals surface area contributed by atoms with E-state index in [0.717, 1.165) is 23.0 Å². The van der Waals surface area contributed by atoms with Gasteiger partial charge in [-0.2, -0.15) is 0 Å². The van der Waals surface area contributed by atoms with E-state index in [9.17, 15) is 5.11 Å². The van der Waals surface area contributed by atoms with Crippen LogP contribution in [0, 0.1) is 0 Å². The molecule has 1 atom stereocenters. The Morgan fingerprint density at radius 3 is 2.29 bits per heavy atom. The lowest BCUT2D eigenvalue weighted by Gasteiger charge is -2.42. The number of nitrogens with zero attached hydrogens (tertiary/aromatic N) is 1. The molecule has 0 aliphatic rings. The highest BCUT2D eigenvalue weighted by Crippen LogP contribution is 2.30. The van der Waals surface area contributed by atoms with Crippen molar-refractivity contribution in [2.24, 2.45) is 0 Å². The third-order valence-corrected chi connectivity index (χ3v) is 5.40. The van der Waals surface area contributed by atoms with Gasteiger partial charge in [-0.05, 0) is 55.0 Å². The maximum Gasteiger partial charge on any atom is 0.0771 e. The fourth-order valence-corrected chi connectivity index (χ4v) is 4.01. The molecule has 4 heteroatoms. The van der Waals surface area contributed by atoms with Crippen LogP contribution in [0.15, 0.2) is 15.9 Å². The van der Waals surface area contributed by atoms with Gasteiger partial charge in [0.2, 0.25) is 0 Å². The van der Waals surface area contributed by atoms with Crippen molar-refractivity contribution in [2.75, 3.05) is 14.1 Å². The van der Waals surface area contributed by atoms with Crippen molar-refractivity contribution >= 4 is 27.3 Å². The van der Waals surface area contributed by atoms with Crippen molar-refractivity contribution in [1.82, 2.24) is 4.90 Å². The fraction of sp³-hybridized carbons (Fsp3) is 0.692. The predicted octanol–water partition coefficient (Wildman–Crippen LogP) is 3.53. The van der Waals surface area contributed by atoms with Gasteiger partial charge in [-0.1, -0.05) is 13.8 Å². The molecule has 17 heavy (non-hydrogen) atoms. The molecule has 1 aromatic heterocycles. The Morgan fingerprint density at radius 1 is 1.35 bits per heavy atom. The summed E-state index contributed by atoms with van der Waals surface area (Å²) < 4.78 is 1.13. The molecule has 98 valence electrons. The lowest BCUT2D eigenvalue weighted by atomic mass is 9.83. The number of likely N-dealkylation sites (N-methyl/N-ethyl adjacent to an activating group) is 1. The summed E-state index contributed by atoms with van der Waals surface area (Å²) in [5, 5.41) is 10.5. The van der Waals surface area contributed by atoms with Crippen molar-refractivity contribution in [2.45, 2.75) is 44.8 Å². The summed E-state index contributed by atoms with van der Waals surface area (Å²) >= 11 is 5.17. The maximum absolute atomic E-state index is 10.5. The summed E-state index contributed by atoms with van der Waals surface area (Å²) in [7, 11) is 4.11. The van der Waals surface area contributed by atoms with E-state index in [1.807, 2.05) is 6.07 Å². The largest absolute Gasteiger partial charge is 0.391 e. The molecule has 0 spiro atoms. The van der Waals surface area contributed by atoms with Gasteiger partial charge in [0.25, 0.3) is 0 Å². The molecule has 1 N–H and O–H groups in total. The molecule has 0 aromatic carbocycles. The van der Waals surface area contributed by atoms with Gasteiger partial charge in [-0.15, -0.1) is 11.3 Å². The zero-order valence-electron chi connectivity index (χ0n) is 11.0. The van der Waals surface area contributed by atoms with Gasteiger partial charge >= 0.3 is 0 Å². The summed E-state index contributed by atoms with van der Waals surface area (Å²) in [4.78, 5) is 3.40. The van der Waals surface area contributed by atoms with Gasteiger partial charge in [0.05, 0.1) is 9.89 Å². The van der Waals surface area contributed by atoms with Crippen LogP contribution in [0.4, 0.5) is 0 Å². The van der Waals surface area contributed by atoms with Crippen molar-refractivity contribution in [3.8, 4) is 0 Å². The van der Waals surface area contributed by atoms with Crippen LogP contribution in [0.5, 0.6) is 0 Å². The van der Waals surface area contributed by atoms with E-state index in [1.54, 1.807) is 11.3 Å². The van der Waals surface area contributed by atoms with E-state index >= 15 is 0 Å². The molecule has 0 radical (unpaired) electrons. The Hall–Kier alpha value is 0.1000. The third kappa shape index (κ3) is 3.31. The molecule has 1 rings (SSSR count). The van der Waals surface area contributed by atoms with Gasteiger partial charge in [-0.3, -0.25) is 0 Å². The first-order valence-electron chi connectivity index (χ1n) is 6.06. The fourth-order valence-electron chi connectivity index (χ4n) is 2.49. The van der Waals surface area contributed by atoms with E-state index in [1.165, 1.54) is 4.88 Å². The molecule has 0 fully saturated rings. The second-order valence-electron chi connectivity index (χ2n) is 4.63. The van der Waals surface area contributed by atoms with Crippen LogP contribution in [0.1, 0.15) is 31.6 Å². The van der Waals surface area contributed by atoms with E-state index in [0.29, 0.717) is 0 Å². The summed E-state index contributed by atoms with van der Waals surface area (Å²) in [5.41, 5.74) is -0.115. The number of rotatable bonds is 6. The average Bonchev–Trinajstić information content (AvgIpc) is 2.66. The van der Waals surface area contributed by atoms with Crippen LogP contribution in [0.25, 0.3) is 0 Å². The first-order valence-corrected chi connectivity index (χ1v) is 7.67. The molecule has 0 bridgehead atoms. The second kappa shape index (κ2) is 6.32. The van der Waals surface area contributed by atoms with Crippen LogP contribution >= 0.6 is 27.3 Å². The van der Waals surface area contributed by atoms with Crippen molar-refractivity contribution in [3.63, 3.8) is 0 Å². The number of hydrogen-bond donors (Lipinski definition) is 1. The SMILES string of the molecule is CCC(CC)(C(O)Cc1ccc(Br)s1)N(C)C. The number of hydrogen-bond acceptors (Lipinski definition) is 3. The Morgan fingerprint density at radius 2 is 1.94 bits per heavy atom. The van der Waals surface area contributed by atoms with E-state index < -0.39 is 0 Å². The van der Waals surface area contributed by atoms with Crippen LogP contribution in [-0.2, 0) is 6.42 Å². The number of halogens is 1. The standard InChI is InChI=1S/C13H22BrNOS/c1-5-13(6-2,15(3)4)11(16)9-10-7-8-12(14)17-10/h7-8,11,16H,5-6,9H2,1-4H3. The Balaban J connectivity index is 2.82. The predicted molar refractivity (Wildman–Crippen MR) is 78.7 cm³/mol. The molecule has 1 heterocycles. The smallest absolute Gasteiger partial charge is 0.0771 e. The minimum atomic E-state index is -0.321. The molecule has 1 unspecified atom stereocenters. The van der Waals surface area contributed by atoms with Crippen LogP contribution in [0.2, 0.25) is 0 Å². The van der Waals surface area contributed by atoms with E-state index in [4.69, 9.17) is 0 Å². The van der Waals surface area contributed by atoms with Gasteiger partial charge in [0.15, 0.2) is 0 Å². The van der Waals surface area contributed by atoms with Gasteiger partial charge in [-0.25, -0.2) is 0 Å². The molecule has 0 aliphatic heterocycles. The second-order valence-corrected chi connectivity index (χ2v) is 7.18. The molecule has 0 aliphatic carbocycles. The lowest BCUT2D eigenvalue weighted by Crippen LogP contribution is -2.53. The number of aliphatic hydroxyl groups excluding tert-OH is 1. The van der Waals surface area contributed by atoms with Crippen LogP contribution < -0.4 is 0 Å². The maximum atomic E-state index is 10.5. The zero-order valence-corrected chi connectivity index (χ0v) is 13.4. The average molecular weight is 320 g/mol. The Kier molecular flexibility index (Phi) is 5.64. The highest BCUT2D eigenvalue weighted by atomic mass is 79.9. The van der Waals surface area contributed by atoms with Gasteiger partial charge in [0, 0.05) is 16.8 Å². The van der Waals surface area contributed by atoms with Crippen molar-refractivity contribution in [1.29, 1.82) is 0 Å². The monoisotopic (exact) mass is 319 g/mol. The van der Waals surface area contributed by atoms with Gasteiger partial charge in [0.1, 0.15) is 0 Å². The van der Waals surface area contributed by atoms with Crippen molar-refractivity contribution < 1.29 is 5.11 Å². The molecular weight excluding hydrogens is 298 g/mol. The summed E-state index contributed by atoms with van der Waals surface area (Å²) in [5.74, 6) is 0. The first-order chi connectivity index (χ1) is 7.96. The first kappa shape index (κ1) is 15.2. The number of thiophene rings is 1. The van der Waals surface area contributed by atoms with E-state index in [-0.39, 0.29) is 11.6 Å². The number of aliphatic hydroxyl groups is 1. The summed E-state index contributed by atoms with van der Waals surface area (Å²) in [6, 6.07) is 4.13. The third-order valence-electron chi connectivity index (χ3n) is 3.76. The zero-order chi connectivity index (χ0) is 13.1. The lowest BCUT2D eigenvalue weighted by molar-refractivity contribution is -0.0121. The molecule has 0 amide bonds. The van der Waals surface area contributed by atoms with Crippen LogP contribution in [0.3, 0.4) is 0 Å². The Bertz CT molecular complexity index is 347. The normalized spacial score (nSPS) is 14.3. The minimum absolute atomic E-state index is 0.115. The van der Waals surface area contributed by atoms with Crippen molar-refractivity contribution in [3.05, 3.63) is 20.8 Å². The summed E-state index contributed by atoms with van der Waals surface area (Å²) in [6.45, 7) is 4.30. The molecule has 0 saturated carbocycles. The van der Waals surface area contributed by atoms with Crippen LogP contribution in [-0.4, -0.2) is 35.7 Å². The van der Waals surface area contributed by atoms with Gasteiger partial charge < -0.3 is 10.0 Å². The molecule has 1 aromatic rings. The highest BCUT2D eigenvalue weighted by Gasteiger charge is 2.36. The summed E-state index contributed by atoms with van der Waals surface area (Å²) in [6.07, 6.45) is 2.34.